The molecule has 0 saturated carbocycles. The third-order valence-corrected chi connectivity index (χ3v) is 4.11. The van der Waals surface area contributed by atoms with E-state index in [1.807, 2.05) is 32.0 Å². The van der Waals surface area contributed by atoms with Gasteiger partial charge in [-0.05, 0) is 44.5 Å². The molecule has 2 rings (SSSR count). The number of aromatic nitrogens is 1. The second-order valence-corrected chi connectivity index (χ2v) is 6.25. The van der Waals surface area contributed by atoms with Gasteiger partial charge in [-0.15, -0.1) is 0 Å². The van der Waals surface area contributed by atoms with Gasteiger partial charge in [-0.2, -0.15) is 0 Å². The van der Waals surface area contributed by atoms with Crippen molar-refractivity contribution in [2.45, 2.75) is 26.9 Å². The van der Waals surface area contributed by atoms with E-state index in [2.05, 4.69) is 23.6 Å². The number of likely N-dealkylation sites (N-methyl/N-ethyl adjacent to an activating group) is 1. The molecule has 0 aliphatic rings. The van der Waals surface area contributed by atoms with Crippen LogP contribution in [0.3, 0.4) is 0 Å². The predicted molar refractivity (Wildman–Crippen MR) is 94.8 cm³/mol. The summed E-state index contributed by atoms with van der Waals surface area (Å²) in [6.45, 7) is 6.43. The highest BCUT2D eigenvalue weighted by atomic mass is 16.5. The van der Waals surface area contributed by atoms with Crippen LogP contribution in [0.25, 0.3) is 5.69 Å². The van der Waals surface area contributed by atoms with E-state index < -0.39 is 6.10 Å². The fraction of sp³-hybridized carbons (Fsp3) is 0.421. The van der Waals surface area contributed by atoms with Gasteiger partial charge in [-0.25, -0.2) is 0 Å². The van der Waals surface area contributed by atoms with Crippen LogP contribution in [-0.2, 0) is 4.74 Å². The number of aliphatic hydroxyl groups excluding tert-OH is 1. The van der Waals surface area contributed by atoms with Gasteiger partial charge in [-0.3, -0.25) is 4.79 Å². The van der Waals surface area contributed by atoms with Crippen molar-refractivity contribution in [3.05, 3.63) is 52.8 Å². The Morgan fingerprint density at radius 3 is 2.62 bits per heavy atom. The number of hydrogen-bond donors (Lipinski definition) is 1. The maximum absolute atomic E-state index is 12.7. The highest BCUT2D eigenvalue weighted by Gasteiger charge is 2.21. The van der Waals surface area contributed by atoms with Crippen LogP contribution in [0.1, 0.15) is 27.3 Å². The van der Waals surface area contributed by atoms with Gasteiger partial charge >= 0.3 is 0 Å². The van der Waals surface area contributed by atoms with Gasteiger partial charge in [-0.1, -0.05) is 12.1 Å². The molecule has 5 heteroatoms. The standard InChI is InChI=1S/C19H26N2O3/c1-13-7-6-8-16(9-13)21-14(2)10-18(15(21)3)19(23)20(4)11-17(22)12-24-5/h6-10,17,22H,11-12H2,1-5H3. The van der Waals surface area contributed by atoms with E-state index in [1.165, 1.54) is 17.6 Å². The predicted octanol–water partition coefficient (Wildman–Crippen LogP) is 2.48. The molecule has 2 aromatic rings. The van der Waals surface area contributed by atoms with Crippen LogP contribution in [0.2, 0.25) is 0 Å². The summed E-state index contributed by atoms with van der Waals surface area (Å²) in [5.74, 6) is -0.0999. The fourth-order valence-electron chi connectivity index (χ4n) is 2.99. The Hall–Kier alpha value is -2.11. The largest absolute Gasteiger partial charge is 0.389 e. The van der Waals surface area contributed by atoms with Crippen LogP contribution < -0.4 is 0 Å². The minimum Gasteiger partial charge on any atom is -0.389 e. The summed E-state index contributed by atoms with van der Waals surface area (Å²) in [6.07, 6.45) is -0.691. The Bertz CT molecular complexity index is 721. The van der Waals surface area contributed by atoms with Gasteiger partial charge in [0.05, 0.1) is 18.3 Å². The monoisotopic (exact) mass is 330 g/mol. The molecule has 1 aromatic heterocycles. The Morgan fingerprint density at radius 2 is 2.00 bits per heavy atom. The number of methoxy groups -OCH3 is 1. The van der Waals surface area contributed by atoms with Crippen molar-refractivity contribution in [1.29, 1.82) is 0 Å². The number of aliphatic hydroxyl groups is 1. The molecular formula is C19H26N2O3. The van der Waals surface area contributed by atoms with Crippen molar-refractivity contribution in [2.24, 2.45) is 0 Å². The molecule has 0 bridgehead atoms. The first-order valence-corrected chi connectivity index (χ1v) is 8.03. The van der Waals surface area contributed by atoms with Crippen molar-refractivity contribution < 1.29 is 14.6 Å². The van der Waals surface area contributed by atoms with Crippen LogP contribution in [0.4, 0.5) is 0 Å². The summed E-state index contributed by atoms with van der Waals surface area (Å²) in [7, 11) is 3.22. The van der Waals surface area contributed by atoms with Crippen molar-refractivity contribution in [2.75, 3.05) is 27.3 Å². The third kappa shape index (κ3) is 3.86. The third-order valence-electron chi connectivity index (χ3n) is 4.11. The number of hydrogen-bond acceptors (Lipinski definition) is 3. The molecule has 0 fully saturated rings. The maximum atomic E-state index is 12.7. The molecular weight excluding hydrogens is 304 g/mol. The zero-order valence-corrected chi connectivity index (χ0v) is 15.0. The Labute approximate surface area is 143 Å². The topological polar surface area (TPSA) is 54.7 Å². The Morgan fingerprint density at radius 1 is 1.29 bits per heavy atom. The summed E-state index contributed by atoms with van der Waals surface area (Å²) in [5.41, 5.74) is 4.78. The van der Waals surface area contributed by atoms with Crippen LogP contribution in [0.15, 0.2) is 30.3 Å². The van der Waals surface area contributed by atoms with Crippen molar-refractivity contribution in [1.82, 2.24) is 9.47 Å². The average Bonchev–Trinajstić information content (AvgIpc) is 2.81. The maximum Gasteiger partial charge on any atom is 0.255 e. The number of carbonyl (C=O) groups is 1. The second kappa shape index (κ2) is 7.64. The van der Waals surface area contributed by atoms with Gasteiger partial charge in [0.15, 0.2) is 0 Å². The Kier molecular flexibility index (Phi) is 5.80. The molecule has 1 unspecified atom stereocenters. The summed E-state index contributed by atoms with van der Waals surface area (Å²) >= 11 is 0. The zero-order chi connectivity index (χ0) is 17.9. The van der Waals surface area contributed by atoms with Gasteiger partial charge in [0.25, 0.3) is 5.91 Å². The van der Waals surface area contributed by atoms with E-state index in [0.717, 1.165) is 17.1 Å². The van der Waals surface area contributed by atoms with E-state index >= 15 is 0 Å². The van der Waals surface area contributed by atoms with E-state index in [-0.39, 0.29) is 19.1 Å². The lowest BCUT2D eigenvalue weighted by molar-refractivity contribution is 0.0380. The quantitative estimate of drug-likeness (QED) is 0.885. The zero-order valence-electron chi connectivity index (χ0n) is 15.0. The molecule has 0 aliphatic heterocycles. The molecule has 1 aromatic carbocycles. The molecule has 0 aliphatic carbocycles. The summed E-state index contributed by atoms with van der Waals surface area (Å²) < 4.78 is 7.00. The molecule has 5 nitrogen and oxygen atoms in total. The van der Waals surface area contributed by atoms with Crippen molar-refractivity contribution >= 4 is 5.91 Å². The van der Waals surface area contributed by atoms with E-state index in [9.17, 15) is 9.90 Å². The number of rotatable bonds is 6. The Balaban J connectivity index is 2.29. The summed E-state index contributed by atoms with van der Waals surface area (Å²) in [4.78, 5) is 14.3. The highest BCUT2D eigenvalue weighted by Crippen LogP contribution is 2.22. The highest BCUT2D eigenvalue weighted by molar-refractivity contribution is 5.95. The number of ether oxygens (including phenoxy) is 1. The number of amides is 1. The molecule has 1 heterocycles. The van der Waals surface area contributed by atoms with Gasteiger partial charge in [0.2, 0.25) is 0 Å². The number of benzene rings is 1. The van der Waals surface area contributed by atoms with Crippen LogP contribution in [-0.4, -0.2) is 53.9 Å². The molecule has 0 saturated heterocycles. The number of nitrogens with zero attached hydrogens (tertiary/aromatic N) is 2. The SMILES string of the molecule is COCC(O)CN(C)C(=O)c1cc(C)n(-c2cccc(C)c2)c1C. The van der Waals surface area contributed by atoms with Gasteiger partial charge in [0.1, 0.15) is 0 Å². The molecule has 1 amide bonds. The molecule has 0 radical (unpaired) electrons. The first kappa shape index (κ1) is 18.2. The van der Waals surface area contributed by atoms with Crippen molar-refractivity contribution in [3.63, 3.8) is 0 Å². The number of carbonyl (C=O) groups excluding carboxylic acids is 1. The minimum absolute atomic E-state index is 0.0999. The lowest BCUT2D eigenvalue weighted by atomic mass is 10.2. The average molecular weight is 330 g/mol. The van der Waals surface area contributed by atoms with E-state index in [1.54, 1.807) is 7.05 Å². The molecule has 1 atom stereocenters. The number of aryl methyl sites for hydroxylation is 2. The van der Waals surface area contributed by atoms with Gasteiger partial charge in [0, 0.05) is 37.8 Å². The van der Waals surface area contributed by atoms with Crippen LogP contribution >= 0.6 is 0 Å². The smallest absolute Gasteiger partial charge is 0.255 e. The lowest BCUT2D eigenvalue weighted by Gasteiger charge is -2.20. The van der Waals surface area contributed by atoms with E-state index in [4.69, 9.17) is 4.74 Å². The molecule has 24 heavy (non-hydrogen) atoms. The van der Waals surface area contributed by atoms with E-state index in [0.29, 0.717) is 5.56 Å². The lowest BCUT2D eigenvalue weighted by Crippen LogP contribution is -2.36. The second-order valence-electron chi connectivity index (χ2n) is 6.25. The summed E-state index contributed by atoms with van der Waals surface area (Å²) in [5, 5.41) is 9.83. The van der Waals surface area contributed by atoms with Crippen molar-refractivity contribution in [3.8, 4) is 5.69 Å². The fourth-order valence-corrected chi connectivity index (χ4v) is 2.99. The first-order chi connectivity index (χ1) is 11.3. The molecule has 0 spiro atoms. The molecule has 130 valence electrons. The van der Waals surface area contributed by atoms with Gasteiger partial charge < -0.3 is 19.3 Å². The first-order valence-electron chi connectivity index (χ1n) is 8.03. The normalized spacial score (nSPS) is 12.2. The molecule has 1 N–H and O–H groups in total. The summed E-state index contributed by atoms with van der Waals surface area (Å²) in [6, 6.07) is 10.1. The minimum atomic E-state index is -0.691. The van der Waals surface area contributed by atoms with Crippen LogP contribution in [0, 0.1) is 20.8 Å². The van der Waals surface area contributed by atoms with Crippen LogP contribution in [0.5, 0.6) is 0 Å².